The number of fused-ring (bicyclic) bond motifs is 1. The van der Waals surface area contributed by atoms with Crippen molar-refractivity contribution in [2.45, 2.75) is 39.3 Å². The van der Waals surface area contributed by atoms with Gasteiger partial charge in [-0.3, -0.25) is 4.79 Å². The van der Waals surface area contributed by atoms with Gasteiger partial charge in [0, 0.05) is 44.7 Å². The van der Waals surface area contributed by atoms with Gasteiger partial charge in [0.15, 0.2) is 0 Å². The van der Waals surface area contributed by atoms with Crippen LogP contribution in [0.5, 0.6) is 0 Å². The summed E-state index contributed by atoms with van der Waals surface area (Å²) in [5.74, 6) is 0.983. The Hall–Kier alpha value is -2.44. The van der Waals surface area contributed by atoms with Crippen LogP contribution in [0.15, 0.2) is 35.7 Å². The maximum Gasteiger partial charge on any atom is 0.264 e. The Morgan fingerprint density at radius 2 is 2.07 bits per heavy atom. The summed E-state index contributed by atoms with van der Waals surface area (Å²) >= 11 is 1.51. The average molecular weight is 424 g/mol. The molecule has 0 bridgehead atoms. The fourth-order valence-electron chi connectivity index (χ4n) is 4.08. The molecule has 1 aliphatic rings. The highest BCUT2D eigenvalue weighted by Crippen LogP contribution is 2.28. The van der Waals surface area contributed by atoms with E-state index in [4.69, 9.17) is 9.72 Å². The predicted octanol–water partition coefficient (Wildman–Crippen LogP) is 4.80. The molecular weight excluding hydrogens is 394 g/mol. The van der Waals surface area contributed by atoms with Gasteiger partial charge in [-0.1, -0.05) is 18.2 Å². The molecule has 0 unspecified atom stereocenters. The molecule has 2 aromatic heterocycles. The van der Waals surface area contributed by atoms with Crippen LogP contribution >= 0.6 is 11.3 Å². The van der Waals surface area contributed by atoms with Crippen molar-refractivity contribution in [3.63, 3.8) is 0 Å². The molecule has 158 valence electrons. The third-order valence-corrected chi connectivity index (χ3v) is 6.68. The van der Waals surface area contributed by atoms with E-state index in [9.17, 15) is 4.79 Å². The Morgan fingerprint density at radius 1 is 1.23 bits per heavy atom. The van der Waals surface area contributed by atoms with Crippen LogP contribution in [0.25, 0.3) is 10.9 Å². The molecule has 6 heteroatoms. The molecule has 3 aromatic rings. The van der Waals surface area contributed by atoms with Gasteiger partial charge < -0.3 is 14.5 Å². The second-order valence-corrected chi connectivity index (χ2v) is 9.18. The van der Waals surface area contributed by atoms with Crippen molar-refractivity contribution >= 4 is 34.0 Å². The van der Waals surface area contributed by atoms with Crippen LogP contribution < -0.4 is 4.90 Å². The number of aryl methyl sites for hydroxylation is 2. The maximum atomic E-state index is 13.5. The van der Waals surface area contributed by atoms with Crippen molar-refractivity contribution in [3.05, 3.63) is 57.3 Å². The number of nitrogens with zero attached hydrogens (tertiary/aromatic N) is 3. The van der Waals surface area contributed by atoms with Crippen molar-refractivity contribution < 1.29 is 9.53 Å². The SMILES string of the molecule is Cc1ccsc1C(=O)N(Cc1cc2cccc(C)c2nc1N(C)C)C[C@@H]1CCCO1. The second-order valence-electron chi connectivity index (χ2n) is 8.27. The molecule has 4 rings (SSSR count). The zero-order chi connectivity index (χ0) is 21.3. The summed E-state index contributed by atoms with van der Waals surface area (Å²) in [6, 6.07) is 10.4. The first-order chi connectivity index (χ1) is 14.4. The molecule has 1 aliphatic heterocycles. The number of carbonyl (C=O) groups excluding carboxylic acids is 1. The van der Waals surface area contributed by atoms with Crippen LogP contribution in [-0.4, -0.2) is 49.1 Å². The molecule has 0 saturated carbocycles. The van der Waals surface area contributed by atoms with Gasteiger partial charge >= 0.3 is 0 Å². The Bertz CT molecular complexity index is 1050. The van der Waals surface area contributed by atoms with Crippen LogP contribution in [-0.2, 0) is 11.3 Å². The van der Waals surface area contributed by atoms with Crippen molar-refractivity contribution in [1.82, 2.24) is 9.88 Å². The number of carbonyl (C=O) groups is 1. The highest BCUT2D eigenvalue weighted by atomic mass is 32.1. The first-order valence-electron chi connectivity index (χ1n) is 10.5. The van der Waals surface area contributed by atoms with Gasteiger partial charge in [0.25, 0.3) is 5.91 Å². The smallest absolute Gasteiger partial charge is 0.264 e. The topological polar surface area (TPSA) is 45.7 Å². The molecule has 0 N–H and O–H groups in total. The molecule has 0 spiro atoms. The number of ether oxygens (including phenoxy) is 1. The van der Waals surface area contributed by atoms with E-state index in [-0.39, 0.29) is 12.0 Å². The minimum Gasteiger partial charge on any atom is -0.376 e. The molecular formula is C24H29N3O2S. The van der Waals surface area contributed by atoms with Gasteiger partial charge in [-0.2, -0.15) is 0 Å². The van der Waals surface area contributed by atoms with E-state index >= 15 is 0 Å². The molecule has 1 atom stereocenters. The van der Waals surface area contributed by atoms with Gasteiger partial charge in [-0.25, -0.2) is 4.98 Å². The number of rotatable bonds is 6. The van der Waals surface area contributed by atoms with Crippen LogP contribution in [0, 0.1) is 13.8 Å². The normalized spacial score (nSPS) is 16.2. The Kier molecular flexibility index (Phi) is 6.06. The lowest BCUT2D eigenvalue weighted by atomic mass is 10.1. The quantitative estimate of drug-likeness (QED) is 0.571. The van der Waals surface area contributed by atoms with Crippen LogP contribution in [0.4, 0.5) is 5.82 Å². The number of benzene rings is 1. The molecule has 1 amide bonds. The summed E-state index contributed by atoms with van der Waals surface area (Å²) < 4.78 is 5.87. The number of anilines is 1. The number of thiophene rings is 1. The zero-order valence-corrected chi connectivity index (χ0v) is 19.0. The lowest BCUT2D eigenvalue weighted by molar-refractivity contribution is 0.0510. The number of para-hydroxylation sites is 1. The van der Waals surface area contributed by atoms with Gasteiger partial charge in [-0.05, 0) is 55.3 Å². The molecule has 1 saturated heterocycles. The lowest BCUT2D eigenvalue weighted by Gasteiger charge is -2.27. The van der Waals surface area contributed by atoms with E-state index in [1.165, 1.54) is 11.3 Å². The Morgan fingerprint density at radius 3 is 2.73 bits per heavy atom. The van der Waals surface area contributed by atoms with E-state index in [1.807, 2.05) is 42.3 Å². The first kappa shape index (κ1) is 20.8. The van der Waals surface area contributed by atoms with E-state index in [1.54, 1.807) is 0 Å². The number of aromatic nitrogens is 1. The van der Waals surface area contributed by atoms with Crippen LogP contribution in [0.2, 0.25) is 0 Å². The maximum absolute atomic E-state index is 13.5. The van der Waals surface area contributed by atoms with E-state index in [0.717, 1.165) is 57.7 Å². The second kappa shape index (κ2) is 8.74. The molecule has 5 nitrogen and oxygen atoms in total. The predicted molar refractivity (Wildman–Crippen MR) is 124 cm³/mol. The molecule has 1 aromatic carbocycles. The van der Waals surface area contributed by atoms with Gasteiger partial charge in [0.05, 0.1) is 16.5 Å². The molecule has 1 fully saturated rings. The Labute approximate surface area is 182 Å². The van der Waals surface area contributed by atoms with Gasteiger partial charge in [0.1, 0.15) is 5.82 Å². The number of amides is 1. The number of pyridine rings is 1. The summed E-state index contributed by atoms with van der Waals surface area (Å²) in [5, 5.41) is 3.09. The van der Waals surface area contributed by atoms with E-state index in [0.29, 0.717) is 13.1 Å². The Balaban J connectivity index is 1.72. The van der Waals surface area contributed by atoms with Crippen molar-refractivity contribution in [2.75, 3.05) is 32.1 Å². The van der Waals surface area contributed by atoms with Crippen molar-refractivity contribution in [3.8, 4) is 0 Å². The van der Waals surface area contributed by atoms with Crippen molar-refractivity contribution in [2.24, 2.45) is 0 Å². The summed E-state index contributed by atoms with van der Waals surface area (Å²) in [6.45, 7) is 5.99. The fraction of sp³-hybridized carbons (Fsp3) is 0.417. The van der Waals surface area contributed by atoms with Crippen LogP contribution in [0.3, 0.4) is 0 Å². The average Bonchev–Trinajstić information content (AvgIpc) is 3.38. The zero-order valence-electron chi connectivity index (χ0n) is 18.1. The highest BCUT2D eigenvalue weighted by Gasteiger charge is 2.26. The van der Waals surface area contributed by atoms with Crippen molar-refractivity contribution in [1.29, 1.82) is 0 Å². The summed E-state index contributed by atoms with van der Waals surface area (Å²) in [6.07, 6.45) is 2.17. The minimum absolute atomic E-state index is 0.0760. The van der Waals surface area contributed by atoms with Gasteiger partial charge in [0.2, 0.25) is 0 Å². The largest absolute Gasteiger partial charge is 0.376 e. The summed E-state index contributed by atoms with van der Waals surface area (Å²) in [5.41, 5.74) is 4.25. The van der Waals surface area contributed by atoms with Crippen LogP contribution in [0.1, 0.15) is 39.2 Å². The molecule has 3 heterocycles. The van der Waals surface area contributed by atoms with Gasteiger partial charge in [-0.15, -0.1) is 11.3 Å². The number of hydrogen-bond acceptors (Lipinski definition) is 5. The number of hydrogen-bond donors (Lipinski definition) is 0. The molecule has 0 aliphatic carbocycles. The fourth-order valence-corrected chi connectivity index (χ4v) is 4.97. The third-order valence-electron chi connectivity index (χ3n) is 5.68. The van der Waals surface area contributed by atoms with E-state index < -0.39 is 0 Å². The first-order valence-corrected chi connectivity index (χ1v) is 11.3. The summed E-state index contributed by atoms with van der Waals surface area (Å²) in [7, 11) is 4.01. The minimum atomic E-state index is 0.0760. The lowest BCUT2D eigenvalue weighted by Crippen LogP contribution is -2.37. The highest BCUT2D eigenvalue weighted by molar-refractivity contribution is 7.12. The molecule has 30 heavy (non-hydrogen) atoms. The summed E-state index contributed by atoms with van der Waals surface area (Å²) in [4.78, 5) is 23.2. The molecule has 0 radical (unpaired) electrons. The van der Waals surface area contributed by atoms with E-state index in [2.05, 4.69) is 31.2 Å². The standard InChI is InChI=1S/C24H29N3O2S/c1-16-7-5-8-18-13-19(23(26(3)4)25-21(16)18)14-27(15-20-9-6-11-29-20)24(28)22-17(2)10-12-30-22/h5,7-8,10,12-13,20H,6,9,11,14-15H2,1-4H3/t20-/m0/s1. The third kappa shape index (κ3) is 4.20. The monoisotopic (exact) mass is 423 g/mol.